The van der Waals surface area contributed by atoms with Crippen molar-refractivity contribution in [3.8, 4) is 5.75 Å². The van der Waals surface area contributed by atoms with Crippen LogP contribution in [0.2, 0.25) is 4.34 Å². The van der Waals surface area contributed by atoms with Crippen molar-refractivity contribution in [1.29, 1.82) is 0 Å². The fourth-order valence-corrected chi connectivity index (χ4v) is 2.27. The van der Waals surface area contributed by atoms with Crippen LogP contribution in [-0.2, 0) is 6.61 Å². The van der Waals surface area contributed by atoms with Gasteiger partial charge in [-0.3, -0.25) is 0 Å². The summed E-state index contributed by atoms with van der Waals surface area (Å²) in [6.45, 7) is 0.161. The molecule has 1 aromatic heterocycles. The van der Waals surface area contributed by atoms with E-state index in [0.717, 1.165) is 15.1 Å². The van der Waals surface area contributed by atoms with Gasteiger partial charge in [-0.15, -0.1) is 5.10 Å². The molecule has 0 aliphatic rings. The van der Waals surface area contributed by atoms with Gasteiger partial charge in [0.25, 0.3) is 0 Å². The Hall–Kier alpha value is -0.930. The molecule has 8 heteroatoms. The van der Waals surface area contributed by atoms with Crippen LogP contribution < -0.4 is 4.74 Å². The van der Waals surface area contributed by atoms with Crippen molar-refractivity contribution in [3.63, 3.8) is 0 Å². The lowest BCUT2D eigenvalue weighted by molar-refractivity contribution is 0.0696. The molecular formula is C10H6ClIN2O3S. The second-order valence-corrected chi connectivity index (χ2v) is 5.75. The quantitative estimate of drug-likeness (QED) is 0.804. The molecule has 0 atom stereocenters. The highest BCUT2D eigenvalue weighted by Gasteiger charge is 2.10. The molecule has 2 aromatic rings. The van der Waals surface area contributed by atoms with Gasteiger partial charge in [0.1, 0.15) is 22.4 Å². The average molecular weight is 397 g/mol. The first-order chi connectivity index (χ1) is 8.58. The highest BCUT2D eigenvalue weighted by molar-refractivity contribution is 14.1. The van der Waals surface area contributed by atoms with Gasteiger partial charge in [-0.05, 0) is 40.8 Å². The maximum absolute atomic E-state index is 10.9. The van der Waals surface area contributed by atoms with Crippen LogP contribution in [0.5, 0.6) is 5.75 Å². The monoisotopic (exact) mass is 396 g/mol. The molecule has 0 aliphatic heterocycles. The molecule has 0 spiro atoms. The van der Waals surface area contributed by atoms with Crippen LogP contribution in [0.1, 0.15) is 16.1 Å². The summed E-state index contributed by atoms with van der Waals surface area (Å²) >= 11 is 8.99. The molecule has 0 aliphatic carbocycles. The van der Waals surface area contributed by atoms with Crippen LogP contribution in [0.4, 0.5) is 0 Å². The normalized spacial score (nSPS) is 10.3. The van der Waals surface area contributed by atoms with Crippen LogP contribution in [0, 0.1) is 3.57 Å². The van der Waals surface area contributed by atoms with Crippen LogP contribution in [0.3, 0.4) is 0 Å². The molecule has 0 unspecified atom stereocenters. The number of benzene rings is 1. The van der Waals surface area contributed by atoms with Gasteiger partial charge in [0.2, 0.25) is 0 Å². The van der Waals surface area contributed by atoms with Crippen molar-refractivity contribution in [1.82, 2.24) is 9.59 Å². The van der Waals surface area contributed by atoms with Gasteiger partial charge >= 0.3 is 5.97 Å². The standard InChI is InChI=1S/C10H6ClIN2O3S/c11-9-7(13-14-18-9)4-17-8-3-5(10(15)16)1-2-6(8)12/h1-3H,4H2,(H,15,16). The molecule has 0 amide bonds. The average Bonchev–Trinajstić information content (AvgIpc) is 2.73. The number of carbonyl (C=O) groups is 1. The summed E-state index contributed by atoms with van der Waals surface area (Å²) in [5.74, 6) is -0.510. The van der Waals surface area contributed by atoms with Crippen LogP contribution in [0.25, 0.3) is 0 Å². The minimum Gasteiger partial charge on any atom is -0.486 e. The summed E-state index contributed by atoms with van der Waals surface area (Å²) in [4.78, 5) is 10.9. The number of hydrogen-bond acceptors (Lipinski definition) is 5. The van der Waals surface area contributed by atoms with E-state index < -0.39 is 5.97 Å². The van der Waals surface area contributed by atoms with Gasteiger partial charge in [0, 0.05) is 11.5 Å². The second kappa shape index (κ2) is 5.81. The molecular weight excluding hydrogens is 391 g/mol. The molecule has 1 aromatic carbocycles. The van der Waals surface area contributed by atoms with E-state index in [2.05, 4.69) is 32.2 Å². The highest BCUT2D eigenvalue weighted by Crippen LogP contribution is 2.25. The summed E-state index contributed by atoms with van der Waals surface area (Å²) < 4.78 is 10.5. The lowest BCUT2D eigenvalue weighted by atomic mass is 10.2. The molecule has 94 valence electrons. The van der Waals surface area contributed by atoms with Gasteiger partial charge in [-0.25, -0.2) is 4.79 Å². The first-order valence-corrected chi connectivity index (χ1v) is 6.93. The van der Waals surface area contributed by atoms with E-state index in [1.807, 2.05) is 0 Å². The largest absolute Gasteiger partial charge is 0.486 e. The van der Waals surface area contributed by atoms with Gasteiger partial charge in [-0.1, -0.05) is 16.1 Å². The maximum atomic E-state index is 10.9. The molecule has 1 heterocycles. The molecule has 2 rings (SSSR count). The number of hydrogen-bond donors (Lipinski definition) is 1. The van der Waals surface area contributed by atoms with Crippen molar-refractivity contribution in [3.05, 3.63) is 37.4 Å². The summed E-state index contributed by atoms with van der Waals surface area (Å²) in [7, 11) is 0. The third kappa shape index (κ3) is 3.09. The third-order valence-electron chi connectivity index (χ3n) is 2.05. The maximum Gasteiger partial charge on any atom is 0.335 e. The van der Waals surface area contributed by atoms with Crippen LogP contribution in [0.15, 0.2) is 18.2 Å². The molecule has 0 saturated heterocycles. The van der Waals surface area contributed by atoms with Crippen molar-refractivity contribution in [2.75, 3.05) is 0 Å². The fourth-order valence-electron chi connectivity index (χ4n) is 1.18. The topological polar surface area (TPSA) is 72.3 Å². The zero-order valence-electron chi connectivity index (χ0n) is 8.76. The van der Waals surface area contributed by atoms with Crippen LogP contribution in [-0.4, -0.2) is 20.7 Å². The van der Waals surface area contributed by atoms with Crippen molar-refractivity contribution in [2.45, 2.75) is 6.61 Å². The number of aromatic carboxylic acids is 1. The molecule has 5 nitrogen and oxygen atoms in total. The van der Waals surface area contributed by atoms with Crippen molar-refractivity contribution >= 4 is 51.7 Å². The first kappa shape index (κ1) is 13.5. The summed E-state index contributed by atoms with van der Waals surface area (Å²) in [6.07, 6.45) is 0. The number of carboxylic acids is 1. The SMILES string of the molecule is O=C(O)c1ccc(I)c(OCc2nnsc2Cl)c1. The molecule has 0 radical (unpaired) electrons. The van der Waals surface area contributed by atoms with Gasteiger partial charge < -0.3 is 9.84 Å². The van der Waals surface area contributed by atoms with Gasteiger partial charge in [-0.2, -0.15) is 0 Å². The fraction of sp³-hybridized carbons (Fsp3) is 0.100. The predicted octanol–water partition coefficient (Wildman–Crippen LogP) is 3.07. The molecule has 18 heavy (non-hydrogen) atoms. The van der Waals surface area contributed by atoms with E-state index in [0.29, 0.717) is 15.8 Å². The number of rotatable bonds is 4. The van der Waals surface area contributed by atoms with Crippen molar-refractivity contribution < 1.29 is 14.6 Å². The predicted molar refractivity (Wildman–Crippen MR) is 75.4 cm³/mol. The van der Waals surface area contributed by atoms with Crippen molar-refractivity contribution in [2.24, 2.45) is 0 Å². The Morgan fingerprint density at radius 3 is 2.94 bits per heavy atom. The van der Waals surface area contributed by atoms with E-state index in [1.165, 1.54) is 12.1 Å². The summed E-state index contributed by atoms with van der Waals surface area (Å²) in [5, 5.41) is 12.7. The number of aromatic nitrogens is 2. The molecule has 0 fully saturated rings. The lowest BCUT2D eigenvalue weighted by Gasteiger charge is -2.07. The van der Waals surface area contributed by atoms with Gasteiger partial charge in [0.15, 0.2) is 0 Å². The smallest absolute Gasteiger partial charge is 0.335 e. The number of carboxylic acid groups (broad SMARTS) is 1. The van der Waals surface area contributed by atoms with E-state index in [9.17, 15) is 4.79 Å². The highest BCUT2D eigenvalue weighted by atomic mass is 127. The molecule has 0 saturated carbocycles. The summed E-state index contributed by atoms with van der Waals surface area (Å²) in [5.41, 5.74) is 0.714. The number of ether oxygens (including phenoxy) is 1. The second-order valence-electron chi connectivity index (χ2n) is 3.23. The first-order valence-electron chi connectivity index (χ1n) is 4.70. The van der Waals surface area contributed by atoms with E-state index in [4.69, 9.17) is 21.4 Å². The Morgan fingerprint density at radius 1 is 1.56 bits per heavy atom. The van der Waals surface area contributed by atoms with E-state index in [-0.39, 0.29) is 12.2 Å². The number of nitrogens with zero attached hydrogens (tertiary/aromatic N) is 2. The zero-order valence-corrected chi connectivity index (χ0v) is 12.5. The van der Waals surface area contributed by atoms with Gasteiger partial charge in [0.05, 0.1) is 9.13 Å². The molecule has 0 bridgehead atoms. The Balaban J connectivity index is 2.16. The number of halogens is 2. The Morgan fingerprint density at radius 2 is 2.33 bits per heavy atom. The lowest BCUT2D eigenvalue weighted by Crippen LogP contribution is -2.01. The third-order valence-corrected chi connectivity index (χ3v) is 3.93. The zero-order chi connectivity index (χ0) is 13.1. The Kier molecular flexibility index (Phi) is 4.36. The summed E-state index contributed by atoms with van der Waals surface area (Å²) in [6, 6.07) is 4.67. The minimum atomic E-state index is -0.996. The van der Waals surface area contributed by atoms with E-state index >= 15 is 0 Å². The van der Waals surface area contributed by atoms with E-state index in [1.54, 1.807) is 6.07 Å². The van der Waals surface area contributed by atoms with Crippen LogP contribution >= 0.6 is 45.7 Å². The minimum absolute atomic E-state index is 0.161. The Bertz CT molecular complexity index is 590. The molecule has 1 N–H and O–H groups in total. The Labute approximate surface area is 125 Å².